The Morgan fingerprint density at radius 3 is 2.50 bits per heavy atom. The van der Waals surface area contributed by atoms with Crippen LogP contribution < -0.4 is 10.2 Å². The lowest BCUT2D eigenvalue weighted by Crippen LogP contribution is -2.53. The van der Waals surface area contributed by atoms with Crippen molar-refractivity contribution < 1.29 is 26.7 Å². The molecule has 1 unspecified atom stereocenters. The number of nitrogens with one attached hydrogen (secondary N) is 1. The van der Waals surface area contributed by atoms with Crippen LogP contribution in [0.1, 0.15) is 47.6 Å². The van der Waals surface area contributed by atoms with Crippen LogP contribution in [-0.4, -0.2) is 50.7 Å². The van der Waals surface area contributed by atoms with Crippen molar-refractivity contribution >= 4 is 17.4 Å². The highest BCUT2D eigenvalue weighted by Crippen LogP contribution is 2.45. The highest BCUT2D eigenvalue weighted by molar-refractivity contribution is 6.03. The number of halogens is 5. The van der Waals surface area contributed by atoms with Gasteiger partial charge in [0.15, 0.2) is 0 Å². The lowest BCUT2D eigenvalue weighted by molar-refractivity contribution is -0.140. The minimum Gasteiger partial charge on any atom is -0.363 e. The maximum absolute atomic E-state index is 14.9. The average Bonchev–Trinajstić information content (AvgIpc) is 3.39. The minimum absolute atomic E-state index is 0.000532. The molecule has 1 amide bonds. The predicted molar refractivity (Wildman–Crippen MR) is 128 cm³/mol. The SMILES string of the molecule is Cc1nc(N[C@H](C)c2cccc(C(F)(F)F)c2F)c2c(n1)C1(CCN(C)C1)C(=O)N(c1cnn(C)c1F)C2. The number of benzene rings is 1. The van der Waals surface area contributed by atoms with Gasteiger partial charge < -0.3 is 15.1 Å². The summed E-state index contributed by atoms with van der Waals surface area (Å²) in [7, 11) is 3.29. The van der Waals surface area contributed by atoms with Crippen LogP contribution in [0.25, 0.3) is 0 Å². The van der Waals surface area contributed by atoms with Crippen molar-refractivity contribution in [3.8, 4) is 0 Å². The topological polar surface area (TPSA) is 79.2 Å². The molecule has 13 heteroatoms. The maximum Gasteiger partial charge on any atom is 0.419 e. The van der Waals surface area contributed by atoms with E-state index in [0.717, 1.165) is 10.7 Å². The van der Waals surface area contributed by atoms with Gasteiger partial charge in [-0.05, 0) is 39.9 Å². The molecular formula is C25H26F5N7O. The number of anilines is 2. The van der Waals surface area contributed by atoms with Gasteiger partial charge >= 0.3 is 6.18 Å². The van der Waals surface area contributed by atoms with E-state index >= 15 is 0 Å². The van der Waals surface area contributed by atoms with Crippen LogP contribution in [0.4, 0.5) is 33.5 Å². The Bertz CT molecular complexity index is 1420. The van der Waals surface area contributed by atoms with Crippen LogP contribution in [0.5, 0.6) is 0 Å². The molecule has 1 saturated heterocycles. The van der Waals surface area contributed by atoms with Gasteiger partial charge in [0.2, 0.25) is 11.9 Å². The number of alkyl halides is 3. The Morgan fingerprint density at radius 2 is 1.89 bits per heavy atom. The molecule has 8 nitrogen and oxygen atoms in total. The zero-order valence-electron chi connectivity index (χ0n) is 21.2. The molecule has 1 spiro atoms. The molecular weight excluding hydrogens is 509 g/mol. The van der Waals surface area contributed by atoms with Gasteiger partial charge in [-0.1, -0.05) is 12.1 Å². The summed E-state index contributed by atoms with van der Waals surface area (Å²) in [4.78, 5) is 26.3. The summed E-state index contributed by atoms with van der Waals surface area (Å²) in [5, 5.41) is 6.98. The van der Waals surface area contributed by atoms with Crippen LogP contribution in [0.2, 0.25) is 0 Å². The Labute approximate surface area is 215 Å². The van der Waals surface area contributed by atoms with Crippen molar-refractivity contribution in [1.82, 2.24) is 24.6 Å². The second-order valence-corrected chi connectivity index (χ2v) is 9.92. The number of likely N-dealkylation sites (tertiary alicyclic amines) is 1. The number of aromatic nitrogens is 4. The summed E-state index contributed by atoms with van der Waals surface area (Å²) in [5.74, 6) is -1.80. The molecule has 5 rings (SSSR count). The van der Waals surface area contributed by atoms with Gasteiger partial charge in [-0.15, -0.1) is 0 Å². The number of carbonyl (C=O) groups excluding carboxylic acids is 1. The second kappa shape index (κ2) is 9.00. The zero-order chi connectivity index (χ0) is 27.6. The molecule has 202 valence electrons. The minimum atomic E-state index is -4.85. The number of aryl methyl sites for hydroxylation is 2. The Balaban J connectivity index is 1.62. The Kier molecular flexibility index (Phi) is 6.16. The molecule has 0 bridgehead atoms. The molecule has 2 aromatic heterocycles. The highest BCUT2D eigenvalue weighted by Gasteiger charge is 2.54. The second-order valence-electron chi connectivity index (χ2n) is 9.92. The Morgan fingerprint density at radius 1 is 1.16 bits per heavy atom. The molecule has 1 aromatic carbocycles. The van der Waals surface area contributed by atoms with Crippen molar-refractivity contribution in [3.05, 3.63) is 64.4 Å². The van der Waals surface area contributed by atoms with Gasteiger partial charge in [-0.25, -0.2) is 19.0 Å². The fourth-order valence-corrected chi connectivity index (χ4v) is 5.39. The van der Waals surface area contributed by atoms with E-state index in [9.17, 15) is 26.7 Å². The Hall–Kier alpha value is -3.61. The number of amides is 1. The molecule has 0 saturated carbocycles. The molecule has 38 heavy (non-hydrogen) atoms. The fourth-order valence-electron chi connectivity index (χ4n) is 5.39. The first kappa shape index (κ1) is 26.0. The monoisotopic (exact) mass is 535 g/mol. The number of carbonyl (C=O) groups is 1. The molecule has 3 aromatic rings. The van der Waals surface area contributed by atoms with Gasteiger partial charge in [0.1, 0.15) is 28.6 Å². The van der Waals surface area contributed by atoms with Gasteiger partial charge in [0, 0.05) is 24.7 Å². The summed E-state index contributed by atoms with van der Waals surface area (Å²) in [6, 6.07) is 2.19. The number of nitrogens with zero attached hydrogens (tertiary/aromatic N) is 6. The van der Waals surface area contributed by atoms with Crippen molar-refractivity contribution in [1.29, 1.82) is 0 Å². The third-order valence-electron chi connectivity index (χ3n) is 7.30. The summed E-state index contributed by atoms with van der Waals surface area (Å²) in [5.41, 5.74) is -1.66. The van der Waals surface area contributed by atoms with Crippen LogP contribution in [0.3, 0.4) is 0 Å². The first-order valence-electron chi connectivity index (χ1n) is 12.0. The number of rotatable bonds is 4. The molecule has 2 atom stereocenters. The lowest BCUT2D eigenvalue weighted by atomic mass is 9.76. The maximum atomic E-state index is 14.9. The molecule has 4 heterocycles. The summed E-state index contributed by atoms with van der Waals surface area (Å²) < 4.78 is 70.8. The van der Waals surface area contributed by atoms with Crippen molar-refractivity contribution in [2.45, 2.75) is 44.4 Å². The fraction of sp³-hybridized carbons (Fsp3) is 0.440. The summed E-state index contributed by atoms with van der Waals surface area (Å²) in [6.45, 7) is 4.01. The van der Waals surface area contributed by atoms with E-state index in [0.29, 0.717) is 42.7 Å². The number of likely N-dealkylation sites (N-methyl/N-ethyl adjacent to an activating group) is 1. The number of fused-ring (bicyclic) bond motifs is 2. The largest absolute Gasteiger partial charge is 0.419 e. The van der Waals surface area contributed by atoms with Crippen molar-refractivity contribution in [2.75, 3.05) is 30.4 Å². The predicted octanol–water partition coefficient (Wildman–Crippen LogP) is 4.11. The molecule has 2 aliphatic heterocycles. The van der Waals surface area contributed by atoms with E-state index in [1.807, 2.05) is 11.9 Å². The van der Waals surface area contributed by atoms with E-state index in [4.69, 9.17) is 0 Å². The molecule has 2 aliphatic rings. The lowest BCUT2D eigenvalue weighted by Gasteiger charge is -2.40. The van der Waals surface area contributed by atoms with Crippen LogP contribution >= 0.6 is 0 Å². The van der Waals surface area contributed by atoms with Gasteiger partial charge in [-0.3, -0.25) is 4.79 Å². The standard InChI is InChI=1S/C25H26F5N7O/c1-13(15-6-5-7-17(19(15)26)25(28,29)30)32-22-16-11-37(18-10-31-36(4)21(18)27)23(38)24(8-9-35(3)12-24)20(16)33-14(2)34-22/h5-7,10,13H,8-9,11-12H2,1-4H3,(H,32,33,34)/t13-,24?/m1/s1. The zero-order valence-corrected chi connectivity index (χ0v) is 21.2. The first-order chi connectivity index (χ1) is 17.8. The van der Waals surface area contributed by atoms with Crippen molar-refractivity contribution in [3.63, 3.8) is 0 Å². The van der Waals surface area contributed by atoms with E-state index in [1.54, 1.807) is 6.92 Å². The summed E-state index contributed by atoms with van der Waals surface area (Å²) >= 11 is 0. The van der Waals surface area contributed by atoms with Gasteiger partial charge in [-0.2, -0.15) is 22.7 Å². The van der Waals surface area contributed by atoms with E-state index < -0.39 is 35.0 Å². The van der Waals surface area contributed by atoms with Crippen LogP contribution in [-0.2, 0) is 30.0 Å². The number of hydrogen-bond donors (Lipinski definition) is 1. The first-order valence-corrected chi connectivity index (χ1v) is 12.0. The molecule has 1 N–H and O–H groups in total. The van der Waals surface area contributed by atoms with Gasteiger partial charge in [0.25, 0.3) is 0 Å². The quantitative estimate of drug-likeness (QED) is 0.507. The van der Waals surface area contributed by atoms with Crippen LogP contribution in [0.15, 0.2) is 24.4 Å². The smallest absolute Gasteiger partial charge is 0.363 e. The number of hydrogen-bond acceptors (Lipinski definition) is 6. The van der Waals surface area contributed by atoms with Crippen molar-refractivity contribution in [2.24, 2.45) is 7.05 Å². The average molecular weight is 536 g/mol. The molecule has 0 aliphatic carbocycles. The highest BCUT2D eigenvalue weighted by atomic mass is 19.4. The van der Waals surface area contributed by atoms with Gasteiger partial charge in [0.05, 0.1) is 30.0 Å². The third-order valence-corrected chi connectivity index (χ3v) is 7.30. The normalized spacial score (nSPS) is 20.8. The summed E-state index contributed by atoms with van der Waals surface area (Å²) in [6.07, 6.45) is -3.14. The molecule has 1 fully saturated rings. The molecule has 0 radical (unpaired) electrons. The van der Waals surface area contributed by atoms with E-state index in [-0.39, 0.29) is 29.5 Å². The van der Waals surface area contributed by atoms with E-state index in [1.165, 1.54) is 31.1 Å². The van der Waals surface area contributed by atoms with Crippen LogP contribution in [0, 0.1) is 18.7 Å². The van der Waals surface area contributed by atoms with E-state index in [2.05, 4.69) is 20.4 Å². The third kappa shape index (κ3) is 4.08.